The monoisotopic (exact) mass is 375 g/mol. The minimum absolute atomic E-state index is 0.102. The van der Waals surface area contributed by atoms with Crippen molar-refractivity contribution in [1.29, 1.82) is 0 Å². The fourth-order valence-corrected chi connectivity index (χ4v) is 3.40. The zero-order valence-electron chi connectivity index (χ0n) is 14.0. The van der Waals surface area contributed by atoms with Gasteiger partial charge in [-0.2, -0.15) is 0 Å². The number of ether oxygens (including phenoxy) is 3. The maximum atomic E-state index is 12.5. The molecule has 0 saturated carbocycles. The maximum Gasteiger partial charge on any atom is 0.330 e. The molecule has 3 rings (SSSR count). The Morgan fingerprint density at radius 1 is 1.19 bits per heavy atom. The molecule has 0 radical (unpaired) electrons. The highest BCUT2D eigenvalue weighted by atomic mass is 32.2. The van der Waals surface area contributed by atoms with Crippen molar-refractivity contribution in [3.05, 3.63) is 59.7 Å². The number of nitrogens with one attached hydrogen (secondary N) is 1. The Bertz CT molecular complexity index is 952. The molecule has 1 aliphatic rings. The molecule has 1 heterocycles. The molecule has 0 aromatic heterocycles. The van der Waals surface area contributed by atoms with E-state index in [9.17, 15) is 13.2 Å². The fraction of sp³-hybridized carbons (Fsp3) is 0.167. The quantitative estimate of drug-likeness (QED) is 0.614. The predicted octanol–water partition coefficient (Wildman–Crippen LogP) is 2.08. The first-order valence-corrected chi connectivity index (χ1v) is 9.20. The van der Waals surface area contributed by atoms with Crippen molar-refractivity contribution in [2.24, 2.45) is 0 Å². The number of carbonyl (C=O) groups is 1. The number of hydrogen-bond acceptors (Lipinski definition) is 6. The molecule has 2 aromatic carbocycles. The number of methoxy groups -OCH3 is 1. The minimum atomic E-state index is -3.71. The molecular weight excluding hydrogens is 358 g/mol. The first kappa shape index (κ1) is 18.0. The third kappa shape index (κ3) is 4.22. The van der Waals surface area contributed by atoms with E-state index in [1.165, 1.54) is 31.4 Å². The lowest BCUT2D eigenvalue weighted by Crippen LogP contribution is -2.23. The van der Waals surface area contributed by atoms with E-state index in [2.05, 4.69) is 9.46 Å². The van der Waals surface area contributed by atoms with Crippen molar-refractivity contribution in [3.63, 3.8) is 0 Å². The van der Waals surface area contributed by atoms with Crippen LogP contribution in [0.2, 0.25) is 0 Å². The smallest absolute Gasteiger partial charge is 0.330 e. The van der Waals surface area contributed by atoms with Gasteiger partial charge in [-0.1, -0.05) is 18.2 Å². The summed E-state index contributed by atoms with van der Waals surface area (Å²) in [6.45, 7) is 0.275. The van der Waals surface area contributed by atoms with Crippen LogP contribution < -0.4 is 14.2 Å². The van der Waals surface area contributed by atoms with Gasteiger partial charge in [-0.3, -0.25) is 0 Å². The molecule has 0 unspecified atom stereocenters. The average Bonchev–Trinajstić information content (AvgIpc) is 3.12. The Hall–Kier alpha value is -2.84. The SMILES string of the molecule is COC(=O)/C=C/c1cccc(S(=O)(=O)NCc2ccc3c(c2)OCO3)c1. The molecule has 0 spiro atoms. The summed E-state index contributed by atoms with van der Waals surface area (Å²) >= 11 is 0. The first-order valence-electron chi connectivity index (χ1n) is 7.72. The van der Waals surface area contributed by atoms with Gasteiger partial charge in [0.1, 0.15) is 0 Å². The summed E-state index contributed by atoms with van der Waals surface area (Å²) in [6.07, 6.45) is 2.72. The molecule has 0 fully saturated rings. The van der Waals surface area contributed by atoms with Crippen LogP contribution in [0.25, 0.3) is 6.08 Å². The molecule has 26 heavy (non-hydrogen) atoms. The molecule has 0 aliphatic carbocycles. The van der Waals surface area contributed by atoms with Crippen LogP contribution in [0, 0.1) is 0 Å². The first-order chi connectivity index (χ1) is 12.5. The molecule has 1 aliphatic heterocycles. The number of sulfonamides is 1. The second kappa shape index (κ2) is 7.59. The van der Waals surface area contributed by atoms with Crippen LogP contribution in [0.1, 0.15) is 11.1 Å². The van der Waals surface area contributed by atoms with E-state index in [0.29, 0.717) is 17.1 Å². The highest BCUT2D eigenvalue weighted by molar-refractivity contribution is 7.89. The summed E-state index contributed by atoms with van der Waals surface area (Å²) in [4.78, 5) is 11.3. The molecule has 8 heteroatoms. The summed E-state index contributed by atoms with van der Waals surface area (Å²) in [5.41, 5.74) is 1.32. The van der Waals surface area contributed by atoms with E-state index in [1.807, 2.05) is 0 Å². The zero-order chi connectivity index (χ0) is 18.6. The van der Waals surface area contributed by atoms with Crippen LogP contribution in [0.3, 0.4) is 0 Å². The van der Waals surface area contributed by atoms with E-state index in [1.54, 1.807) is 30.3 Å². The minimum Gasteiger partial charge on any atom is -0.466 e. The Balaban J connectivity index is 1.72. The van der Waals surface area contributed by atoms with Crippen LogP contribution in [-0.4, -0.2) is 28.3 Å². The second-order valence-corrected chi connectivity index (χ2v) is 7.21. The van der Waals surface area contributed by atoms with E-state index >= 15 is 0 Å². The number of carbonyl (C=O) groups excluding carboxylic acids is 1. The van der Waals surface area contributed by atoms with Crippen molar-refractivity contribution < 1.29 is 27.4 Å². The lowest BCUT2D eigenvalue weighted by Gasteiger charge is -2.08. The van der Waals surface area contributed by atoms with Gasteiger partial charge in [0.2, 0.25) is 16.8 Å². The van der Waals surface area contributed by atoms with Crippen LogP contribution in [0.4, 0.5) is 0 Å². The molecular formula is C18H17NO6S. The molecule has 0 atom stereocenters. The van der Waals surface area contributed by atoms with E-state index in [-0.39, 0.29) is 18.2 Å². The molecule has 0 saturated heterocycles. The van der Waals surface area contributed by atoms with E-state index in [0.717, 1.165) is 5.56 Å². The second-order valence-electron chi connectivity index (χ2n) is 5.44. The lowest BCUT2D eigenvalue weighted by molar-refractivity contribution is -0.134. The lowest BCUT2D eigenvalue weighted by atomic mass is 10.2. The normalized spacial score (nSPS) is 13.1. The van der Waals surface area contributed by atoms with Crippen LogP contribution >= 0.6 is 0 Å². The maximum absolute atomic E-state index is 12.5. The number of esters is 1. The van der Waals surface area contributed by atoms with Gasteiger partial charge in [0.15, 0.2) is 11.5 Å². The van der Waals surface area contributed by atoms with Crippen LogP contribution in [0.15, 0.2) is 53.4 Å². The van der Waals surface area contributed by atoms with Gasteiger partial charge in [0.05, 0.1) is 12.0 Å². The number of rotatable bonds is 6. The number of hydrogen-bond donors (Lipinski definition) is 1. The molecule has 136 valence electrons. The van der Waals surface area contributed by atoms with Crippen molar-refractivity contribution >= 4 is 22.1 Å². The Labute approximate surface area is 151 Å². The summed E-state index contributed by atoms with van der Waals surface area (Å²) in [7, 11) is -2.44. The van der Waals surface area contributed by atoms with Gasteiger partial charge in [-0.25, -0.2) is 17.9 Å². The predicted molar refractivity (Wildman–Crippen MR) is 94.1 cm³/mol. The van der Waals surface area contributed by atoms with Gasteiger partial charge in [-0.05, 0) is 41.5 Å². The Kier molecular flexibility index (Phi) is 5.24. The Morgan fingerprint density at radius 2 is 2.00 bits per heavy atom. The van der Waals surface area contributed by atoms with Crippen molar-refractivity contribution in [2.75, 3.05) is 13.9 Å². The molecule has 2 aromatic rings. The Morgan fingerprint density at radius 3 is 2.81 bits per heavy atom. The average molecular weight is 375 g/mol. The topological polar surface area (TPSA) is 90.9 Å². The van der Waals surface area contributed by atoms with Gasteiger partial charge < -0.3 is 14.2 Å². The molecule has 0 amide bonds. The fourth-order valence-electron chi connectivity index (χ4n) is 2.33. The third-order valence-electron chi connectivity index (χ3n) is 3.68. The van der Waals surface area contributed by atoms with Gasteiger partial charge >= 0.3 is 5.97 Å². The van der Waals surface area contributed by atoms with Crippen LogP contribution in [-0.2, 0) is 26.1 Å². The van der Waals surface area contributed by atoms with E-state index < -0.39 is 16.0 Å². The summed E-state index contributed by atoms with van der Waals surface area (Å²) in [6, 6.07) is 11.5. The van der Waals surface area contributed by atoms with E-state index in [4.69, 9.17) is 9.47 Å². The standard InChI is InChI=1S/C18H17NO6S/c1-23-18(20)8-6-13-3-2-4-15(9-13)26(21,22)19-11-14-5-7-16-17(10-14)25-12-24-16/h2-10,19H,11-12H2,1H3/b8-6+. The van der Waals surface area contributed by atoms with Crippen molar-refractivity contribution in [1.82, 2.24) is 4.72 Å². The van der Waals surface area contributed by atoms with Gasteiger partial charge in [0.25, 0.3) is 0 Å². The molecule has 1 N–H and O–H groups in total. The zero-order valence-corrected chi connectivity index (χ0v) is 14.8. The summed E-state index contributed by atoms with van der Waals surface area (Å²) in [5, 5.41) is 0. The van der Waals surface area contributed by atoms with Gasteiger partial charge in [-0.15, -0.1) is 0 Å². The highest BCUT2D eigenvalue weighted by Crippen LogP contribution is 2.32. The summed E-state index contributed by atoms with van der Waals surface area (Å²) in [5.74, 6) is 0.720. The number of fused-ring (bicyclic) bond motifs is 1. The highest BCUT2D eigenvalue weighted by Gasteiger charge is 2.16. The van der Waals surface area contributed by atoms with Crippen molar-refractivity contribution in [2.45, 2.75) is 11.4 Å². The van der Waals surface area contributed by atoms with Crippen molar-refractivity contribution in [3.8, 4) is 11.5 Å². The number of benzene rings is 2. The molecule has 0 bridgehead atoms. The molecule has 7 nitrogen and oxygen atoms in total. The van der Waals surface area contributed by atoms with Gasteiger partial charge in [0, 0.05) is 12.6 Å². The largest absolute Gasteiger partial charge is 0.466 e. The summed E-state index contributed by atoms with van der Waals surface area (Å²) < 4.78 is 42.6. The van der Waals surface area contributed by atoms with Crippen LogP contribution in [0.5, 0.6) is 11.5 Å². The third-order valence-corrected chi connectivity index (χ3v) is 5.08.